The molecule has 1 amide bonds. The summed E-state index contributed by atoms with van der Waals surface area (Å²) in [5, 5.41) is 21.6. The van der Waals surface area contributed by atoms with Crippen LogP contribution in [-0.4, -0.2) is 43.0 Å². The van der Waals surface area contributed by atoms with Crippen molar-refractivity contribution in [2.75, 3.05) is 11.5 Å². The predicted octanol–water partition coefficient (Wildman–Crippen LogP) is 7.51. The number of amides is 1. The van der Waals surface area contributed by atoms with Crippen molar-refractivity contribution in [2.24, 2.45) is 0 Å². The first-order valence-corrected chi connectivity index (χ1v) is 16.2. The van der Waals surface area contributed by atoms with Gasteiger partial charge in [-0.25, -0.2) is 4.98 Å². The topological polar surface area (TPSA) is 110 Å². The van der Waals surface area contributed by atoms with Gasteiger partial charge in [-0.15, -0.1) is 10.2 Å². The summed E-state index contributed by atoms with van der Waals surface area (Å²) in [5.74, 6) is -0.916. The molecule has 6 rings (SSSR count). The molecule has 13 heteroatoms. The molecule has 2 aromatic carbocycles. The molecule has 224 valence electrons. The number of aliphatic hydroxyl groups excluding tert-OH is 1. The van der Waals surface area contributed by atoms with Crippen molar-refractivity contribution in [2.45, 2.75) is 36.4 Å². The molecule has 0 aliphatic carbocycles. The molecule has 3 aromatic heterocycles. The number of halogens is 2. The Morgan fingerprint density at radius 2 is 1.93 bits per heavy atom. The summed E-state index contributed by atoms with van der Waals surface area (Å²) in [6, 6.07) is 16.9. The van der Waals surface area contributed by atoms with E-state index in [4.69, 9.17) is 27.9 Å². The molecule has 1 saturated heterocycles. The normalized spacial score (nSPS) is 16.3. The monoisotopic (exact) mass is 665 g/mol. The first-order chi connectivity index (χ1) is 21.3. The fraction of sp³-hybridized carbons (Fsp3) is 0.194. The zero-order chi connectivity index (χ0) is 31.0. The highest BCUT2D eigenvalue weighted by molar-refractivity contribution is 8.00. The lowest BCUT2D eigenvalue weighted by Crippen LogP contribution is -2.29. The molecular weight excluding hydrogens is 641 g/mol. The minimum atomic E-state index is -0.995. The van der Waals surface area contributed by atoms with E-state index in [0.717, 1.165) is 12.0 Å². The molecule has 0 bridgehead atoms. The van der Waals surface area contributed by atoms with Gasteiger partial charge in [0.05, 0.1) is 23.9 Å². The van der Waals surface area contributed by atoms with E-state index in [-0.39, 0.29) is 16.5 Å². The van der Waals surface area contributed by atoms with Gasteiger partial charge in [0.2, 0.25) is 5.13 Å². The fourth-order valence-corrected chi connectivity index (χ4v) is 7.43. The van der Waals surface area contributed by atoms with Crippen LogP contribution in [0.2, 0.25) is 10.0 Å². The van der Waals surface area contributed by atoms with Crippen molar-refractivity contribution in [3.63, 3.8) is 0 Å². The number of hydrogen-bond acceptors (Lipinski definition) is 9. The standard InChI is InChI=1S/C31H25Cl2N5O4S2/c1-3-13-42-21-8-6-7-18(14-21)26-24(27(39)25-17(2)34-23-9-4-5-12-37(23)25)28(40)29(41)38(26)30-35-36-31(44-30)43-16-19-10-11-20(32)15-22(19)33/h4-12,14-15,26,39H,3,13,16H2,1-2H3/b27-24+. The number of fused-ring (bicyclic) bond motifs is 1. The number of benzene rings is 2. The number of aromatic nitrogens is 4. The summed E-state index contributed by atoms with van der Waals surface area (Å²) in [6.45, 7) is 4.25. The molecule has 44 heavy (non-hydrogen) atoms. The summed E-state index contributed by atoms with van der Waals surface area (Å²) in [4.78, 5) is 33.3. The third-order valence-corrected chi connectivity index (χ3v) is 9.68. The second-order valence-electron chi connectivity index (χ2n) is 9.94. The number of Topliss-reactive ketones (excluding diaryl/α,β-unsaturated/α-hetero) is 1. The number of ketones is 1. The second-order valence-corrected chi connectivity index (χ2v) is 13.0. The highest BCUT2D eigenvalue weighted by Crippen LogP contribution is 2.45. The lowest BCUT2D eigenvalue weighted by Gasteiger charge is -2.23. The van der Waals surface area contributed by atoms with Crippen molar-refractivity contribution in [3.05, 3.63) is 105 Å². The van der Waals surface area contributed by atoms with Crippen LogP contribution in [0.15, 0.2) is 76.8 Å². The maximum absolute atomic E-state index is 13.8. The van der Waals surface area contributed by atoms with Crippen LogP contribution in [0.25, 0.3) is 11.4 Å². The fourth-order valence-electron chi connectivity index (χ4n) is 5.00. The molecule has 4 heterocycles. The average Bonchev–Trinajstić information content (AvgIpc) is 3.69. The number of rotatable bonds is 9. The Labute approximate surface area is 271 Å². The SMILES string of the molecule is CCCOc1cccc(C2/C(=C(\O)c3c(C)nc4ccccn34)C(=O)C(=O)N2c2nnc(SCc3ccc(Cl)cc3Cl)s2)c1. The number of aryl methyl sites for hydroxylation is 1. The predicted molar refractivity (Wildman–Crippen MR) is 173 cm³/mol. The molecule has 1 unspecified atom stereocenters. The molecule has 0 saturated carbocycles. The minimum absolute atomic E-state index is 0.0752. The van der Waals surface area contributed by atoms with Crippen LogP contribution in [0.4, 0.5) is 5.13 Å². The van der Waals surface area contributed by atoms with Crippen LogP contribution in [0, 0.1) is 6.92 Å². The molecule has 1 aliphatic heterocycles. The van der Waals surface area contributed by atoms with Crippen LogP contribution < -0.4 is 9.64 Å². The van der Waals surface area contributed by atoms with Crippen LogP contribution in [0.5, 0.6) is 5.75 Å². The summed E-state index contributed by atoms with van der Waals surface area (Å²) >= 11 is 14.9. The minimum Gasteiger partial charge on any atom is -0.505 e. The Hall–Kier alpha value is -3.90. The number of thioether (sulfide) groups is 1. The first-order valence-electron chi connectivity index (χ1n) is 13.6. The number of hydrogen-bond donors (Lipinski definition) is 1. The molecule has 1 N–H and O–H groups in total. The van der Waals surface area contributed by atoms with Crippen LogP contribution in [-0.2, 0) is 15.3 Å². The van der Waals surface area contributed by atoms with Gasteiger partial charge in [-0.05, 0) is 60.9 Å². The maximum atomic E-state index is 13.8. The van der Waals surface area contributed by atoms with Gasteiger partial charge in [0, 0.05) is 22.0 Å². The van der Waals surface area contributed by atoms with Crippen molar-refractivity contribution in [1.29, 1.82) is 0 Å². The average molecular weight is 667 g/mol. The molecule has 0 radical (unpaired) electrons. The van der Waals surface area contributed by atoms with E-state index in [1.807, 2.05) is 25.1 Å². The number of carbonyl (C=O) groups excluding carboxylic acids is 2. The molecule has 0 spiro atoms. The Balaban J connectivity index is 1.43. The van der Waals surface area contributed by atoms with Crippen molar-refractivity contribution >= 4 is 74.5 Å². The van der Waals surface area contributed by atoms with E-state index >= 15 is 0 Å². The number of anilines is 1. The summed E-state index contributed by atoms with van der Waals surface area (Å²) in [5.41, 5.74) is 2.80. The maximum Gasteiger partial charge on any atom is 0.301 e. The van der Waals surface area contributed by atoms with E-state index in [0.29, 0.717) is 55.1 Å². The summed E-state index contributed by atoms with van der Waals surface area (Å²) in [6.07, 6.45) is 2.55. The molecule has 9 nitrogen and oxygen atoms in total. The highest BCUT2D eigenvalue weighted by atomic mass is 35.5. The second kappa shape index (κ2) is 12.6. The van der Waals surface area contributed by atoms with Crippen LogP contribution >= 0.6 is 46.3 Å². The molecule has 1 aliphatic rings. The van der Waals surface area contributed by atoms with E-state index in [1.54, 1.807) is 60.0 Å². The van der Waals surface area contributed by atoms with Gasteiger partial charge in [0.25, 0.3) is 5.78 Å². The van der Waals surface area contributed by atoms with Gasteiger partial charge in [0.1, 0.15) is 17.1 Å². The number of aliphatic hydroxyl groups is 1. The Kier molecular flexibility index (Phi) is 8.64. The van der Waals surface area contributed by atoms with Crippen molar-refractivity contribution in [1.82, 2.24) is 19.6 Å². The quantitative estimate of drug-likeness (QED) is 0.0566. The summed E-state index contributed by atoms with van der Waals surface area (Å²) in [7, 11) is 0. The summed E-state index contributed by atoms with van der Waals surface area (Å²) < 4.78 is 8.13. The zero-order valence-corrected chi connectivity index (χ0v) is 26.7. The molecule has 1 fully saturated rings. The smallest absolute Gasteiger partial charge is 0.301 e. The van der Waals surface area contributed by atoms with Gasteiger partial charge >= 0.3 is 5.91 Å². The van der Waals surface area contributed by atoms with Gasteiger partial charge < -0.3 is 9.84 Å². The number of nitrogens with zero attached hydrogens (tertiary/aromatic N) is 5. The van der Waals surface area contributed by atoms with Gasteiger partial charge in [-0.3, -0.25) is 18.9 Å². The van der Waals surface area contributed by atoms with Gasteiger partial charge in [-0.2, -0.15) is 0 Å². The lowest BCUT2D eigenvalue weighted by molar-refractivity contribution is -0.132. The van der Waals surface area contributed by atoms with E-state index in [2.05, 4.69) is 15.2 Å². The number of imidazole rings is 1. The Bertz CT molecular complexity index is 1940. The Morgan fingerprint density at radius 1 is 1.09 bits per heavy atom. The first kappa shape index (κ1) is 30.1. The number of carbonyl (C=O) groups is 2. The Morgan fingerprint density at radius 3 is 2.73 bits per heavy atom. The van der Waals surface area contributed by atoms with Crippen LogP contribution in [0.3, 0.4) is 0 Å². The number of pyridine rings is 1. The van der Waals surface area contributed by atoms with Gasteiger partial charge in [-0.1, -0.05) is 77.5 Å². The zero-order valence-electron chi connectivity index (χ0n) is 23.5. The van der Waals surface area contributed by atoms with Crippen LogP contribution in [0.1, 0.15) is 41.9 Å². The third-order valence-electron chi connectivity index (χ3n) is 6.99. The van der Waals surface area contributed by atoms with E-state index in [9.17, 15) is 14.7 Å². The van der Waals surface area contributed by atoms with E-state index < -0.39 is 17.7 Å². The van der Waals surface area contributed by atoms with Crippen molar-refractivity contribution < 1.29 is 19.4 Å². The lowest BCUT2D eigenvalue weighted by atomic mass is 9.96. The van der Waals surface area contributed by atoms with E-state index in [1.165, 1.54) is 28.0 Å². The molecule has 1 atom stereocenters. The molecule has 5 aromatic rings. The third kappa shape index (κ3) is 5.68. The largest absolute Gasteiger partial charge is 0.505 e. The number of ether oxygens (including phenoxy) is 1. The van der Waals surface area contributed by atoms with Crippen molar-refractivity contribution in [3.8, 4) is 5.75 Å². The van der Waals surface area contributed by atoms with Gasteiger partial charge in [0.15, 0.2) is 10.1 Å². The highest BCUT2D eigenvalue weighted by Gasteiger charge is 2.49. The molecular formula is C31H25Cl2N5O4S2.